The molecule has 1 rings (SSSR count). The molecule has 1 fully saturated rings. The Kier molecular flexibility index (Phi) is 2.68. The zero-order valence-electron chi connectivity index (χ0n) is 7.63. The van der Waals surface area contributed by atoms with Crippen LogP contribution in [0.2, 0.25) is 0 Å². The maximum absolute atomic E-state index is 11.0. The third kappa shape index (κ3) is 1.52. The number of hydrogen-bond acceptors (Lipinski definition) is 6. The normalized spacial score (nSPS) is 29.1. The molecule has 0 aliphatic heterocycles. The SMILES string of the molecule is COC(=O)[C@H]1C([N+](=O)[O-])[C@@H]1C(=O)OC. The molecule has 0 spiro atoms. The maximum Gasteiger partial charge on any atom is 0.316 e. The second kappa shape index (κ2) is 3.60. The van der Waals surface area contributed by atoms with Gasteiger partial charge in [-0.25, -0.2) is 0 Å². The topological polar surface area (TPSA) is 95.7 Å². The lowest BCUT2D eigenvalue weighted by molar-refractivity contribution is -0.499. The average Bonchev–Trinajstić information content (AvgIpc) is 2.90. The predicted molar refractivity (Wildman–Crippen MR) is 41.8 cm³/mol. The molecule has 7 heteroatoms. The lowest BCUT2D eigenvalue weighted by atomic mass is 10.3. The molecular weight excluding hydrogens is 194 g/mol. The van der Waals surface area contributed by atoms with Crippen LogP contribution in [0.25, 0.3) is 0 Å². The number of esters is 2. The molecule has 2 atom stereocenters. The Balaban J connectivity index is 2.73. The molecular formula is C7H9NO6. The number of nitro groups is 1. The van der Waals surface area contributed by atoms with Crippen molar-refractivity contribution in [2.24, 2.45) is 11.8 Å². The summed E-state index contributed by atoms with van der Waals surface area (Å²) in [5.41, 5.74) is 0. The molecule has 0 saturated heterocycles. The lowest BCUT2D eigenvalue weighted by Crippen LogP contribution is -2.11. The van der Waals surface area contributed by atoms with Crippen molar-refractivity contribution in [2.75, 3.05) is 14.2 Å². The van der Waals surface area contributed by atoms with Crippen molar-refractivity contribution in [1.82, 2.24) is 0 Å². The molecule has 1 saturated carbocycles. The molecule has 0 aromatic carbocycles. The fourth-order valence-electron chi connectivity index (χ4n) is 1.40. The summed E-state index contributed by atoms with van der Waals surface area (Å²) in [5.74, 6) is -3.49. The van der Waals surface area contributed by atoms with Gasteiger partial charge in [0.1, 0.15) is 11.8 Å². The van der Waals surface area contributed by atoms with Gasteiger partial charge >= 0.3 is 11.9 Å². The van der Waals surface area contributed by atoms with E-state index in [0.29, 0.717) is 0 Å². The van der Waals surface area contributed by atoms with Crippen LogP contribution in [0, 0.1) is 22.0 Å². The molecule has 1 aliphatic carbocycles. The van der Waals surface area contributed by atoms with Gasteiger partial charge in [-0.05, 0) is 0 Å². The summed E-state index contributed by atoms with van der Waals surface area (Å²) in [4.78, 5) is 31.7. The number of carbonyl (C=O) groups excluding carboxylic acids is 2. The highest BCUT2D eigenvalue weighted by molar-refractivity contribution is 5.88. The average molecular weight is 203 g/mol. The Hall–Kier alpha value is -1.66. The van der Waals surface area contributed by atoms with Crippen molar-refractivity contribution in [3.05, 3.63) is 10.1 Å². The number of carbonyl (C=O) groups is 2. The number of rotatable bonds is 3. The summed E-state index contributed by atoms with van der Waals surface area (Å²) in [6.45, 7) is 0. The molecule has 0 heterocycles. The molecule has 0 aromatic heterocycles. The first-order valence-electron chi connectivity index (χ1n) is 3.83. The largest absolute Gasteiger partial charge is 0.469 e. The molecule has 0 bridgehead atoms. The fourth-order valence-corrected chi connectivity index (χ4v) is 1.40. The molecule has 0 N–H and O–H groups in total. The van der Waals surface area contributed by atoms with E-state index in [-0.39, 0.29) is 0 Å². The van der Waals surface area contributed by atoms with Gasteiger partial charge in [-0.3, -0.25) is 19.7 Å². The molecule has 0 aromatic rings. The minimum atomic E-state index is -1.20. The molecule has 0 radical (unpaired) electrons. The number of ether oxygens (including phenoxy) is 2. The first-order chi connectivity index (χ1) is 6.54. The van der Waals surface area contributed by atoms with Gasteiger partial charge in [-0.1, -0.05) is 0 Å². The first kappa shape index (κ1) is 10.4. The summed E-state index contributed by atoms with van der Waals surface area (Å²) in [6, 6.07) is -1.20. The van der Waals surface area contributed by atoms with E-state index in [4.69, 9.17) is 0 Å². The van der Waals surface area contributed by atoms with Gasteiger partial charge in [0.15, 0.2) is 0 Å². The van der Waals surface area contributed by atoms with Crippen LogP contribution < -0.4 is 0 Å². The van der Waals surface area contributed by atoms with Gasteiger partial charge in [-0.15, -0.1) is 0 Å². The highest BCUT2D eigenvalue weighted by atomic mass is 16.6. The summed E-state index contributed by atoms with van der Waals surface area (Å²) < 4.78 is 8.66. The van der Waals surface area contributed by atoms with Crippen molar-refractivity contribution >= 4 is 11.9 Å². The van der Waals surface area contributed by atoms with E-state index in [0.717, 1.165) is 14.2 Å². The summed E-state index contributed by atoms with van der Waals surface area (Å²) in [6.07, 6.45) is 0. The molecule has 0 amide bonds. The smallest absolute Gasteiger partial charge is 0.316 e. The van der Waals surface area contributed by atoms with Gasteiger partial charge in [0.2, 0.25) is 6.04 Å². The second-order valence-corrected chi connectivity index (χ2v) is 2.87. The second-order valence-electron chi connectivity index (χ2n) is 2.87. The lowest BCUT2D eigenvalue weighted by Gasteiger charge is -1.93. The monoisotopic (exact) mass is 203 g/mol. The molecule has 0 unspecified atom stereocenters. The van der Waals surface area contributed by atoms with Gasteiger partial charge in [-0.2, -0.15) is 0 Å². The Bertz CT molecular complexity index is 266. The van der Waals surface area contributed by atoms with E-state index in [9.17, 15) is 19.7 Å². The van der Waals surface area contributed by atoms with Crippen LogP contribution in [0.3, 0.4) is 0 Å². The van der Waals surface area contributed by atoms with Gasteiger partial charge in [0, 0.05) is 4.92 Å². The predicted octanol–water partition coefficient (Wildman–Crippen LogP) is -0.776. The standard InChI is InChI=1S/C7H9NO6/c1-13-6(9)3-4(7(10)14-2)5(3)8(11)12/h3-5H,1-2H3/t3-,4-/m1/s1. The zero-order valence-corrected chi connectivity index (χ0v) is 7.63. The van der Waals surface area contributed by atoms with Crippen LogP contribution in [-0.2, 0) is 19.1 Å². The quantitative estimate of drug-likeness (QED) is 0.339. The highest BCUT2D eigenvalue weighted by Gasteiger charge is 2.70. The Morgan fingerprint density at radius 2 is 1.50 bits per heavy atom. The minimum Gasteiger partial charge on any atom is -0.469 e. The van der Waals surface area contributed by atoms with Crippen molar-refractivity contribution in [3.63, 3.8) is 0 Å². The summed E-state index contributed by atoms with van der Waals surface area (Å²) in [7, 11) is 2.23. The number of methoxy groups -OCH3 is 2. The fraction of sp³-hybridized carbons (Fsp3) is 0.714. The van der Waals surface area contributed by atoms with Crippen molar-refractivity contribution in [3.8, 4) is 0 Å². The minimum absolute atomic E-state index is 0.664. The summed E-state index contributed by atoms with van der Waals surface area (Å²) >= 11 is 0. The van der Waals surface area contributed by atoms with Crippen LogP contribution >= 0.6 is 0 Å². The van der Waals surface area contributed by atoms with Gasteiger partial charge < -0.3 is 9.47 Å². The molecule has 7 nitrogen and oxygen atoms in total. The van der Waals surface area contributed by atoms with E-state index in [2.05, 4.69) is 9.47 Å². The van der Waals surface area contributed by atoms with Gasteiger partial charge in [0.25, 0.3) is 0 Å². The van der Waals surface area contributed by atoms with Crippen LogP contribution in [0.4, 0.5) is 0 Å². The third-order valence-electron chi connectivity index (χ3n) is 2.17. The highest BCUT2D eigenvalue weighted by Crippen LogP contribution is 2.43. The maximum atomic E-state index is 11.0. The Morgan fingerprint density at radius 1 is 1.14 bits per heavy atom. The van der Waals surface area contributed by atoms with Gasteiger partial charge in [0.05, 0.1) is 14.2 Å². The molecule has 1 aliphatic rings. The summed E-state index contributed by atoms with van der Waals surface area (Å²) in [5, 5.41) is 10.4. The number of nitrogens with zero attached hydrogens (tertiary/aromatic N) is 1. The Labute approximate surface area is 79.1 Å². The van der Waals surface area contributed by atoms with E-state index in [1.807, 2.05) is 0 Å². The van der Waals surface area contributed by atoms with E-state index >= 15 is 0 Å². The van der Waals surface area contributed by atoms with Crippen LogP contribution in [0.5, 0.6) is 0 Å². The zero-order chi connectivity index (χ0) is 10.9. The number of hydrogen-bond donors (Lipinski definition) is 0. The van der Waals surface area contributed by atoms with Crippen molar-refractivity contribution < 1.29 is 24.0 Å². The van der Waals surface area contributed by atoms with Crippen LogP contribution in [-0.4, -0.2) is 37.1 Å². The van der Waals surface area contributed by atoms with E-state index < -0.39 is 34.7 Å². The van der Waals surface area contributed by atoms with Crippen LogP contribution in [0.15, 0.2) is 0 Å². The molecule has 14 heavy (non-hydrogen) atoms. The van der Waals surface area contributed by atoms with Crippen molar-refractivity contribution in [2.45, 2.75) is 6.04 Å². The first-order valence-corrected chi connectivity index (χ1v) is 3.83. The van der Waals surface area contributed by atoms with E-state index in [1.165, 1.54) is 0 Å². The third-order valence-corrected chi connectivity index (χ3v) is 2.17. The van der Waals surface area contributed by atoms with Crippen molar-refractivity contribution in [1.29, 1.82) is 0 Å². The van der Waals surface area contributed by atoms with E-state index in [1.54, 1.807) is 0 Å². The Morgan fingerprint density at radius 3 is 1.71 bits per heavy atom. The molecule has 78 valence electrons. The van der Waals surface area contributed by atoms with Crippen LogP contribution in [0.1, 0.15) is 0 Å².